The Balaban J connectivity index is 2.13. The number of nitrogens with one attached hydrogen (secondary N) is 1. The third-order valence-electron chi connectivity index (χ3n) is 3.09. The molecule has 0 saturated carbocycles. The summed E-state index contributed by atoms with van der Waals surface area (Å²) in [5.41, 5.74) is 4.15. The number of halogens is 1. The number of benzene rings is 2. The Morgan fingerprint density at radius 3 is 2.42 bits per heavy atom. The van der Waals surface area contributed by atoms with Gasteiger partial charge in [-0.3, -0.25) is 0 Å². The molecular formula is C16H15BrN2. The van der Waals surface area contributed by atoms with Gasteiger partial charge in [-0.15, -0.1) is 0 Å². The van der Waals surface area contributed by atoms with Gasteiger partial charge in [-0.1, -0.05) is 34.1 Å². The highest BCUT2D eigenvalue weighted by Gasteiger charge is 2.06. The van der Waals surface area contributed by atoms with E-state index in [1.807, 2.05) is 24.3 Å². The number of nitrogens with zero attached hydrogens (tertiary/aromatic N) is 1. The van der Waals surface area contributed by atoms with E-state index in [2.05, 4.69) is 59.4 Å². The largest absolute Gasteiger partial charge is 0.378 e. The molecule has 96 valence electrons. The molecule has 0 aliphatic carbocycles. The highest BCUT2D eigenvalue weighted by Crippen LogP contribution is 2.24. The molecule has 2 aromatic carbocycles. The zero-order valence-corrected chi connectivity index (χ0v) is 12.5. The number of rotatable bonds is 3. The molecule has 0 amide bonds. The van der Waals surface area contributed by atoms with Gasteiger partial charge in [-0.25, -0.2) is 0 Å². The standard InChI is InChI=1S/C16H15BrN2/c1-11-3-8-15(9-16(11)17)19-12(2)14-6-4-13(10-18)5-7-14/h3-9,12,19H,1-2H3. The maximum Gasteiger partial charge on any atom is 0.0991 e. The van der Waals surface area contributed by atoms with Gasteiger partial charge in [0.25, 0.3) is 0 Å². The van der Waals surface area contributed by atoms with E-state index in [9.17, 15) is 0 Å². The van der Waals surface area contributed by atoms with Crippen LogP contribution in [0.25, 0.3) is 0 Å². The fraction of sp³-hybridized carbons (Fsp3) is 0.188. The predicted molar refractivity (Wildman–Crippen MR) is 82.1 cm³/mol. The summed E-state index contributed by atoms with van der Waals surface area (Å²) in [7, 11) is 0. The molecule has 2 nitrogen and oxygen atoms in total. The maximum atomic E-state index is 8.79. The minimum Gasteiger partial charge on any atom is -0.378 e. The zero-order valence-electron chi connectivity index (χ0n) is 10.9. The summed E-state index contributed by atoms with van der Waals surface area (Å²) < 4.78 is 1.10. The molecule has 0 bridgehead atoms. The van der Waals surface area contributed by atoms with Crippen LogP contribution in [0.3, 0.4) is 0 Å². The molecule has 0 heterocycles. The van der Waals surface area contributed by atoms with Crippen LogP contribution in [0.15, 0.2) is 46.9 Å². The van der Waals surface area contributed by atoms with Gasteiger partial charge in [0.2, 0.25) is 0 Å². The van der Waals surface area contributed by atoms with Crippen molar-refractivity contribution in [2.45, 2.75) is 19.9 Å². The van der Waals surface area contributed by atoms with E-state index < -0.39 is 0 Å². The van der Waals surface area contributed by atoms with Gasteiger partial charge in [-0.2, -0.15) is 5.26 Å². The van der Waals surface area contributed by atoms with Crippen molar-refractivity contribution < 1.29 is 0 Å². The third kappa shape index (κ3) is 3.36. The number of anilines is 1. The summed E-state index contributed by atoms with van der Waals surface area (Å²) in [6, 6.07) is 16.2. The Hall–Kier alpha value is -1.79. The van der Waals surface area contributed by atoms with Crippen LogP contribution >= 0.6 is 15.9 Å². The van der Waals surface area contributed by atoms with Gasteiger partial charge in [0.15, 0.2) is 0 Å². The van der Waals surface area contributed by atoms with Gasteiger partial charge in [0.05, 0.1) is 11.6 Å². The van der Waals surface area contributed by atoms with Crippen LogP contribution in [0.2, 0.25) is 0 Å². The van der Waals surface area contributed by atoms with E-state index in [0.29, 0.717) is 5.56 Å². The van der Waals surface area contributed by atoms with Gasteiger partial charge < -0.3 is 5.32 Å². The molecule has 19 heavy (non-hydrogen) atoms. The molecule has 0 aliphatic rings. The van der Waals surface area contributed by atoms with E-state index in [1.165, 1.54) is 5.56 Å². The quantitative estimate of drug-likeness (QED) is 0.883. The second-order valence-electron chi connectivity index (χ2n) is 4.56. The van der Waals surface area contributed by atoms with Crippen LogP contribution in [0.5, 0.6) is 0 Å². The highest BCUT2D eigenvalue weighted by molar-refractivity contribution is 9.10. The van der Waals surface area contributed by atoms with Crippen molar-refractivity contribution >= 4 is 21.6 Å². The van der Waals surface area contributed by atoms with Crippen molar-refractivity contribution in [2.24, 2.45) is 0 Å². The van der Waals surface area contributed by atoms with E-state index >= 15 is 0 Å². The van der Waals surface area contributed by atoms with Crippen molar-refractivity contribution in [1.29, 1.82) is 5.26 Å². The second kappa shape index (κ2) is 5.90. The first-order valence-corrected chi connectivity index (χ1v) is 6.92. The molecule has 0 saturated heterocycles. The van der Waals surface area contributed by atoms with Crippen molar-refractivity contribution in [2.75, 3.05) is 5.32 Å². The van der Waals surface area contributed by atoms with Crippen LogP contribution < -0.4 is 5.32 Å². The summed E-state index contributed by atoms with van der Waals surface area (Å²) >= 11 is 3.54. The highest BCUT2D eigenvalue weighted by atomic mass is 79.9. The fourth-order valence-corrected chi connectivity index (χ4v) is 2.24. The fourth-order valence-electron chi connectivity index (χ4n) is 1.86. The predicted octanol–water partition coefficient (Wildman–Crippen LogP) is 4.80. The Kier molecular flexibility index (Phi) is 4.24. The topological polar surface area (TPSA) is 35.8 Å². The average Bonchev–Trinajstić information content (AvgIpc) is 2.43. The third-order valence-corrected chi connectivity index (χ3v) is 3.95. The van der Waals surface area contributed by atoms with Crippen LogP contribution in [0.1, 0.15) is 29.7 Å². The van der Waals surface area contributed by atoms with E-state index in [0.717, 1.165) is 15.7 Å². The molecule has 1 N–H and O–H groups in total. The first-order chi connectivity index (χ1) is 9.10. The summed E-state index contributed by atoms with van der Waals surface area (Å²) in [5.74, 6) is 0. The minimum atomic E-state index is 0.197. The molecule has 3 heteroatoms. The smallest absolute Gasteiger partial charge is 0.0991 e. The van der Waals surface area contributed by atoms with Crippen molar-refractivity contribution in [3.63, 3.8) is 0 Å². The molecule has 0 aromatic heterocycles. The Morgan fingerprint density at radius 2 is 1.84 bits per heavy atom. The van der Waals surface area contributed by atoms with E-state index in [1.54, 1.807) is 0 Å². The SMILES string of the molecule is Cc1ccc(NC(C)c2ccc(C#N)cc2)cc1Br. The van der Waals surface area contributed by atoms with E-state index in [-0.39, 0.29) is 6.04 Å². The maximum absolute atomic E-state index is 8.79. The lowest BCUT2D eigenvalue weighted by Gasteiger charge is -2.16. The minimum absolute atomic E-state index is 0.197. The van der Waals surface area contributed by atoms with Crippen LogP contribution in [0.4, 0.5) is 5.69 Å². The second-order valence-corrected chi connectivity index (χ2v) is 5.42. The first-order valence-electron chi connectivity index (χ1n) is 6.13. The number of nitriles is 1. The summed E-state index contributed by atoms with van der Waals surface area (Å²) in [5, 5.41) is 12.2. The molecule has 2 aromatic rings. The average molecular weight is 315 g/mol. The summed E-state index contributed by atoms with van der Waals surface area (Å²) in [4.78, 5) is 0. The van der Waals surface area contributed by atoms with Crippen LogP contribution in [-0.2, 0) is 0 Å². The molecular weight excluding hydrogens is 300 g/mol. The Morgan fingerprint density at radius 1 is 1.16 bits per heavy atom. The zero-order chi connectivity index (χ0) is 13.8. The van der Waals surface area contributed by atoms with Crippen LogP contribution in [0, 0.1) is 18.3 Å². The number of hydrogen-bond acceptors (Lipinski definition) is 2. The van der Waals surface area contributed by atoms with Crippen LogP contribution in [-0.4, -0.2) is 0 Å². The molecule has 0 fully saturated rings. The lowest BCUT2D eigenvalue weighted by molar-refractivity contribution is 0.884. The van der Waals surface area contributed by atoms with Gasteiger partial charge in [-0.05, 0) is 49.2 Å². The lowest BCUT2D eigenvalue weighted by Crippen LogP contribution is -2.06. The van der Waals surface area contributed by atoms with Crippen molar-refractivity contribution in [3.05, 3.63) is 63.6 Å². The molecule has 0 spiro atoms. The normalized spacial score (nSPS) is 11.7. The van der Waals surface area contributed by atoms with Gasteiger partial charge in [0.1, 0.15) is 0 Å². The van der Waals surface area contributed by atoms with Gasteiger partial charge >= 0.3 is 0 Å². The monoisotopic (exact) mass is 314 g/mol. The Labute approximate surface area is 122 Å². The van der Waals surface area contributed by atoms with Gasteiger partial charge in [0, 0.05) is 16.2 Å². The summed E-state index contributed by atoms with van der Waals surface area (Å²) in [6.45, 7) is 4.17. The molecule has 2 rings (SSSR count). The lowest BCUT2D eigenvalue weighted by atomic mass is 10.1. The first kappa shape index (κ1) is 13.6. The van der Waals surface area contributed by atoms with Crippen molar-refractivity contribution in [1.82, 2.24) is 0 Å². The Bertz CT molecular complexity index is 612. The molecule has 1 unspecified atom stereocenters. The van der Waals surface area contributed by atoms with E-state index in [4.69, 9.17) is 5.26 Å². The molecule has 0 radical (unpaired) electrons. The molecule has 1 atom stereocenters. The number of hydrogen-bond donors (Lipinski definition) is 1. The summed E-state index contributed by atoms with van der Waals surface area (Å²) in [6.07, 6.45) is 0. The van der Waals surface area contributed by atoms with Crippen molar-refractivity contribution in [3.8, 4) is 6.07 Å². The molecule has 0 aliphatic heterocycles. The number of aryl methyl sites for hydroxylation is 1.